The van der Waals surface area contributed by atoms with Gasteiger partial charge in [-0.3, -0.25) is 4.79 Å². The molecule has 0 aliphatic rings. The third kappa shape index (κ3) is 5.10. The van der Waals surface area contributed by atoms with Crippen molar-refractivity contribution >= 4 is 26.2 Å². The first-order valence-electron chi connectivity index (χ1n) is 8.16. The van der Waals surface area contributed by atoms with Gasteiger partial charge in [-0.1, -0.05) is 12.1 Å². The fourth-order valence-corrected chi connectivity index (χ4v) is 5.87. The molecule has 0 fully saturated rings. The van der Waals surface area contributed by atoms with E-state index >= 15 is 0 Å². The van der Waals surface area contributed by atoms with Crippen molar-refractivity contribution in [1.82, 2.24) is 0 Å². The van der Waals surface area contributed by atoms with Gasteiger partial charge in [0.15, 0.2) is 5.78 Å². The molecule has 0 spiro atoms. The quantitative estimate of drug-likeness (QED) is 0.312. The molecule has 0 saturated heterocycles. The molecule has 0 aliphatic carbocycles. The SMILES string of the molecule is CS(C)(CC(=O)c1ccc(C#N)cc1)OS(=O)(=O)C(F)(F)C(F)(F)C(F)(F)C(F)(F)C(F)(F)F. The number of nitriles is 1. The Labute approximate surface area is 186 Å². The van der Waals surface area contributed by atoms with Crippen molar-refractivity contribution in [1.29, 1.82) is 5.26 Å². The minimum absolute atomic E-state index is 0.0699. The highest BCUT2D eigenvalue weighted by Crippen LogP contribution is 2.60. The summed E-state index contributed by atoms with van der Waals surface area (Å²) in [5.41, 5.74) is -0.172. The van der Waals surface area contributed by atoms with Crippen LogP contribution in [0.4, 0.5) is 48.3 Å². The maximum atomic E-state index is 13.9. The predicted molar refractivity (Wildman–Crippen MR) is 95.6 cm³/mol. The number of Topliss-reactive ketones (excluding diaryl/α,β-unsaturated/α-hetero) is 1. The Morgan fingerprint density at radius 2 is 1.29 bits per heavy atom. The minimum Gasteiger partial charge on any atom is -0.293 e. The molecule has 0 aromatic heterocycles. The van der Waals surface area contributed by atoms with E-state index in [9.17, 15) is 61.5 Å². The molecule has 0 saturated carbocycles. The Hall–Kier alpha value is -2.13. The summed E-state index contributed by atoms with van der Waals surface area (Å²) in [4.78, 5) is 12.2. The van der Waals surface area contributed by atoms with Crippen LogP contribution in [0, 0.1) is 11.3 Å². The van der Waals surface area contributed by atoms with Crippen molar-refractivity contribution in [3.05, 3.63) is 35.4 Å². The van der Waals surface area contributed by atoms with E-state index in [0.29, 0.717) is 12.5 Å². The van der Waals surface area contributed by atoms with Gasteiger partial charge in [0.25, 0.3) is 0 Å². The third-order valence-electron chi connectivity index (χ3n) is 3.91. The zero-order valence-electron chi connectivity index (χ0n) is 16.6. The van der Waals surface area contributed by atoms with Gasteiger partial charge >= 0.3 is 39.3 Å². The lowest BCUT2D eigenvalue weighted by Crippen LogP contribution is -2.68. The van der Waals surface area contributed by atoms with Gasteiger partial charge in [0.05, 0.1) is 17.4 Å². The van der Waals surface area contributed by atoms with Crippen molar-refractivity contribution in [2.45, 2.75) is 29.2 Å². The molecule has 34 heavy (non-hydrogen) atoms. The molecule has 0 unspecified atom stereocenters. The van der Waals surface area contributed by atoms with Crippen molar-refractivity contribution in [2.24, 2.45) is 0 Å². The van der Waals surface area contributed by atoms with Crippen LogP contribution in [0.2, 0.25) is 0 Å². The molecule has 0 N–H and O–H groups in total. The number of hydrogen-bond acceptors (Lipinski definition) is 5. The summed E-state index contributed by atoms with van der Waals surface area (Å²) in [7, 11) is -11.1. The van der Waals surface area contributed by atoms with Crippen LogP contribution in [0.1, 0.15) is 15.9 Å². The maximum absolute atomic E-state index is 13.9. The standard InChI is InChI=1S/C16H12F11NO4S2/c1-33(2,8-11(29)10-5-3-9(7-28)4-6-10)32-34(30,31)16(26,27)14(21,22)12(17,18)13(19,20)15(23,24)25/h3-6H,8H2,1-2H3. The second-order valence-electron chi connectivity index (χ2n) is 6.95. The van der Waals surface area contributed by atoms with Crippen molar-refractivity contribution in [3.63, 3.8) is 0 Å². The van der Waals surface area contributed by atoms with Gasteiger partial charge in [0, 0.05) is 5.56 Å². The smallest absolute Gasteiger partial charge is 0.293 e. The fourth-order valence-electron chi connectivity index (χ4n) is 2.15. The van der Waals surface area contributed by atoms with E-state index in [4.69, 9.17) is 5.26 Å². The molecule has 0 radical (unpaired) electrons. The number of ketones is 1. The summed E-state index contributed by atoms with van der Waals surface area (Å²) in [6.07, 6.45) is -6.23. The Balaban J connectivity index is 3.30. The van der Waals surface area contributed by atoms with E-state index in [1.54, 1.807) is 6.07 Å². The summed E-state index contributed by atoms with van der Waals surface area (Å²) < 4.78 is 171. The number of halogens is 11. The normalized spacial score (nSPS) is 15.1. The Kier molecular flexibility index (Phi) is 7.76. The Morgan fingerprint density at radius 3 is 1.68 bits per heavy atom. The second kappa shape index (κ2) is 8.82. The van der Waals surface area contributed by atoms with Crippen LogP contribution in [-0.4, -0.2) is 61.7 Å². The van der Waals surface area contributed by atoms with Gasteiger partial charge in [-0.05, 0) is 24.6 Å². The minimum atomic E-state index is -7.93. The number of nitrogens with zero attached hydrogens (tertiary/aromatic N) is 1. The third-order valence-corrected chi connectivity index (χ3v) is 7.94. The Bertz CT molecular complexity index is 1080. The molecule has 0 atom stereocenters. The number of alkyl halides is 11. The molecule has 1 aromatic rings. The molecule has 0 heterocycles. The van der Waals surface area contributed by atoms with Crippen LogP contribution in [0.15, 0.2) is 24.3 Å². The largest absolute Gasteiger partial charge is 0.460 e. The zero-order chi connectivity index (χ0) is 27.2. The van der Waals surface area contributed by atoms with Crippen LogP contribution in [-0.2, 0) is 13.7 Å². The van der Waals surface area contributed by atoms with Crippen LogP contribution in [0.3, 0.4) is 0 Å². The number of rotatable bonds is 9. The summed E-state index contributed by atoms with van der Waals surface area (Å²) in [5.74, 6) is -25.7. The first kappa shape index (κ1) is 29.9. The fraction of sp³-hybridized carbons (Fsp3) is 0.500. The number of benzene rings is 1. The number of carbonyl (C=O) groups excluding carboxylic acids is 1. The molecular weight excluding hydrogens is 543 g/mol. The summed E-state index contributed by atoms with van der Waals surface area (Å²) in [6, 6.07) is 5.99. The van der Waals surface area contributed by atoms with E-state index in [2.05, 4.69) is 3.63 Å². The lowest BCUT2D eigenvalue weighted by Gasteiger charge is -2.38. The van der Waals surface area contributed by atoms with Crippen LogP contribution >= 0.6 is 10.3 Å². The van der Waals surface area contributed by atoms with E-state index in [1.807, 2.05) is 0 Å². The average Bonchev–Trinajstić information content (AvgIpc) is 2.65. The predicted octanol–water partition coefficient (Wildman–Crippen LogP) is 5.13. The first-order valence-corrected chi connectivity index (χ1v) is 12.1. The molecule has 0 bridgehead atoms. The van der Waals surface area contributed by atoms with Gasteiger partial charge < -0.3 is 0 Å². The maximum Gasteiger partial charge on any atom is 0.460 e. The van der Waals surface area contributed by atoms with Gasteiger partial charge in [-0.2, -0.15) is 62.0 Å². The average molecular weight is 555 g/mol. The van der Waals surface area contributed by atoms with Gasteiger partial charge in [0.1, 0.15) is 0 Å². The van der Waals surface area contributed by atoms with E-state index in [1.165, 1.54) is 0 Å². The zero-order valence-corrected chi connectivity index (χ0v) is 18.2. The van der Waals surface area contributed by atoms with Gasteiger partial charge in [-0.15, -0.1) is 10.3 Å². The van der Waals surface area contributed by atoms with Crippen molar-refractivity contribution < 1.29 is 65.1 Å². The highest BCUT2D eigenvalue weighted by Gasteiger charge is 2.90. The molecule has 0 amide bonds. The molecule has 18 heteroatoms. The molecule has 1 rings (SSSR count). The number of carbonyl (C=O) groups is 1. The molecule has 5 nitrogen and oxygen atoms in total. The van der Waals surface area contributed by atoms with Crippen molar-refractivity contribution in [3.8, 4) is 6.07 Å². The first-order chi connectivity index (χ1) is 14.9. The summed E-state index contributed by atoms with van der Waals surface area (Å²) >= 11 is 0. The van der Waals surface area contributed by atoms with Crippen LogP contribution < -0.4 is 0 Å². The van der Waals surface area contributed by atoms with Crippen molar-refractivity contribution in [2.75, 3.05) is 18.3 Å². The topological polar surface area (TPSA) is 84.2 Å². The summed E-state index contributed by atoms with van der Waals surface area (Å²) in [6.45, 7) is 0. The highest BCUT2D eigenvalue weighted by molar-refractivity contribution is 8.32. The van der Waals surface area contributed by atoms with Crippen LogP contribution in [0.25, 0.3) is 0 Å². The second-order valence-corrected chi connectivity index (χ2v) is 12.1. The Morgan fingerprint density at radius 1 is 0.853 bits per heavy atom. The van der Waals surface area contributed by atoms with E-state index in [-0.39, 0.29) is 11.1 Å². The van der Waals surface area contributed by atoms with Gasteiger partial charge in [0.2, 0.25) is 0 Å². The molecule has 1 aromatic carbocycles. The molecule has 194 valence electrons. The lowest BCUT2D eigenvalue weighted by atomic mass is 10.0. The number of hydrogen-bond donors (Lipinski definition) is 0. The van der Waals surface area contributed by atoms with E-state index in [0.717, 1.165) is 24.3 Å². The molecular formula is C16H12F11NO4S2. The molecule has 0 aliphatic heterocycles. The van der Waals surface area contributed by atoms with Gasteiger partial charge in [-0.25, -0.2) is 3.63 Å². The highest BCUT2D eigenvalue weighted by atomic mass is 32.3. The van der Waals surface area contributed by atoms with Crippen LogP contribution in [0.5, 0.6) is 0 Å². The van der Waals surface area contributed by atoms with E-state index < -0.39 is 61.2 Å². The monoisotopic (exact) mass is 555 g/mol. The summed E-state index contributed by atoms with van der Waals surface area (Å²) in [5, 5.41) is 1.37. The lowest BCUT2D eigenvalue weighted by molar-refractivity contribution is -0.413.